The van der Waals surface area contributed by atoms with Crippen molar-refractivity contribution < 1.29 is 0 Å². The van der Waals surface area contributed by atoms with Crippen LogP contribution in [0.15, 0.2) is 168 Å². The minimum atomic E-state index is 0.225. The number of piperidine rings is 1. The molecule has 0 radical (unpaired) electrons. The Morgan fingerprint density at radius 2 is 1.05 bits per heavy atom. The van der Waals surface area contributed by atoms with Crippen molar-refractivity contribution in [1.29, 1.82) is 0 Å². The van der Waals surface area contributed by atoms with Gasteiger partial charge in [0.25, 0.3) is 0 Å². The molecule has 2 saturated heterocycles. The van der Waals surface area contributed by atoms with Crippen molar-refractivity contribution in [2.45, 2.75) is 54.6 Å². The molecule has 8 aromatic rings. The highest BCUT2D eigenvalue weighted by Gasteiger charge is 2.22. The number of hydrogen-bond acceptors (Lipinski definition) is 11. The highest BCUT2D eigenvalue weighted by Crippen LogP contribution is 2.32. The lowest BCUT2D eigenvalue weighted by Crippen LogP contribution is -2.29. The summed E-state index contributed by atoms with van der Waals surface area (Å²) in [6, 6.07) is 50.6. The number of benzene rings is 4. The van der Waals surface area contributed by atoms with Gasteiger partial charge in [0.15, 0.2) is 0 Å². The molecular weight excluding hydrogens is 803 g/mol. The predicted octanol–water partition coefficient (Wildman–Crippen LogP) is 10.7. The highest BCUT2D eigenvalue weighted by molar-refractivity contribution is 7.97. The Labute approximate surface area is 372 Å². The van der Waals surface area contributed by atoms with E-state index in [9.17, 15) is 0 Å². The largest absolute Gasteiger partial charge is 0.370 e. The van der Waals surface area contributed by atoms with Gasteiger partial charge in [0, 0.05) is 78.6 Å². The topological polar surface area (TPSA) is 108 Å². The summed E-state index contributed by atoms with van der Waals surface area (Å²) in [4.78, 5) is 26.3. The minimum Gasteiger partial charge on any atom is -0.370 e. The van der Waals surface area contributed by atoms with Crippen LogP contribution in [0.2, 0.25) is 0 Å². The van der Waals surface area contributed by atoms with Crippen molar-refractivity contribution in [3.63, 3.8) is 0 Å². The van der Waals surface area contributed by atoms with E-state index in [1.807, 2.05) is 24.5 Å². The Morgan fingerprint density at radius 3 is 1.55 bits per heavy atom. The van der Waals surface area contributed by atoms with Crippen LogP contribution in [0.25, 0.3) is 44.6 Å². The molecule has 0 spiro atoms. The SMILES string of the molecule is NC1CCN(c2ccnc3ccc(-c4cccc(SNCc5ccccc5)c4)nc23)C1.c1ccc(CNSc2cccc(-c3ccc4nccc(N5CCCCC5)c4n3)c2)cc1. The molecule has 11 heteroatoms. The van der Waals surface area contributed by atoms with Crippen LogP contribution in [0, 0.1) is 0 Å². The lowest BCUT2D eigenvalue weighted by molar-refractivity contribution is 0.578. The van der Waals surface area contributed by atoms with Crippen LogP contribution in [-0.4, -0.2) is 52.2 Å². The molecule has 4 aromatic carbocycles. The summed E-state index contributed by atoms with van der Waals surface area (Å²) in [5.41, 5.74) is 19.0. The molecule has 2 aliphatic heterocycles. The first-order chi connectivity index (χ1) is 30.6. The van der Waals surface area contributed by atoms with Crippen LogP contribution in [0.5, 0.6) is 0 Å². The summed E-state index contributed by atoms with van der Waals surface area (Å²) >= 11 is 3.29. The summed E-state index contributed by atoms with van der Waals surface area (Å²) in [5.74, 6) is 0. The number of hydrogen-bond donors (Lipinski definition) is 3. The Morgan fingerprint density at radius 1 is 0.532 bits per heavy atom. The van der Waals surface area contributed by atoms with Crippen molar-refractivity contribution in [3.8, 4) is 22.5 Å². The van der Waals surface area contributed by atoms with Crippen LogP contribution in [0.4, 0.5) is 11.4 Å². The van der Waals surface area contributed by atoms with E-state index in [0.717, 1.165) is 101 Å². The Bertz CT molecular complexity index is 2540. The van der Waals surface area contributed by atoms with Gasteiger partial charge in [0.05, 0.1) is 33.8 Å². The molecule has 6 heterocycles. The zero-order chi connectivity index (χ0) is 41.9. The van der Waals surface area contributed by atoms with E-state index in [1.54, 1.807) is 23.9 Å². The summed E-state index contributed by atoms with van der Waals surface area (Å²) in [7, 11) is 0. The van der Waals surface area contributed by atoms with Gasteiger partial charge in [0.1, 0.15) is 11.0 Å². The quantitative estimate of drug-likeness (QED) is 0.102. The van der Waals surface area contributed by atoms with E-state index in [-0.39, 0.29) is 6.04 Å². The molecule has 0 saturated carbocycles. The Balaban J connectivity index is 0.000000158. The standard InChI is InChI=1S/C26H26N4S.C25H25N5S/c1-3-8-20(9-4-1)19-28-31-22-11-7-10-21(18-22)23-12-13-24-26(29-23)25(14-15-27-24)30-16-5-2-6-17-30;26-20-12-14-30(17-20)24-11-13-27-23-10-9-22(29-25(23)24)19-7-4-8-21(15-19)31-28-16-18-5-2-1-3-6-18/h1,3-4,7-15,18,28H,2,5-6,16-17,19H2;1-11,13,15,20,28H,12,14,16-17,26H2. The zero-order valence-electron chi connectivity index (χ0n) is 34.7. The molecule has 312 valence electrons. The molecule has 62 heavy (non-hydrogen) atoms. The first-order valence-electron chi connectivity index (χ1n) is 21.5. The third-order valence-electron chi connectivity index (χ3n) is 11.3. The maximum Gasteiger partial charge on any atom is 0.113 e. The lowest BCUT2D eigenvalue weighted by atomic mass is 10.1. The maximum atomic E-state index is 6.14. The average Bonchev–Trinajstić information content (AvgIpc) is 3.78. The number of nitrogens with one attached hydrogen (secondary N) is 2. The van der Waals surface area contributed by atoms with E-state index in [0.29, 0.717) is 0 Å². The van der Waals surface area contributed by atoms with Gasteiger partial charge in [-0.1, -0.05) is 84.9 Å². The molecule has 2 fully saturated rings. The van der Waals surface area contributed by atoms with Gasteiger partial charge in [-0.05, 0) is 121 Å². The number of rotatable bonds is 12. The van der Waals surface area contributed by atoms with E-state index in [4.69, 9.17) is 15.7 Å². The number of nitrogens with two attached hydrogens (primary N) is 1. The van der Waals surface area contributed by atoms with Gasteiger partial charge in [-0.25, -0.2) is 9.97 Å². The second-order valence-electron chi connectivity index (χ2n) is 15.7. The van der Waals surface area contributed by atoms with Crippen LogP contribution in [0.1, 0.15) is 36.8 Å². The number of nitrogens with zero attached hydrogens (tertiary/aromatic N) is 6. The fourth-order valence-electron chi connectivity index (χ4n) is 8.03. The van der Waals surface area contributed by atoms with E-state index in [1.165, 1.54) is 41.0 Å². The first kappa shape index (κ1) is 41.5. The van der Waals surface area contributed by atoms with Crippen LogP contribution in [-0.2, 0) is 13.1 Å². The van der Waals surface area contributed by atoms with Crippen molar-refractivity contribution in [2.75, 3.05) is 36.0 Å². The molecule has 1 unspecified atom stereocenters. The van der Waals surface area contributed by atoms with E-state index >= 15 is 0 Å². The monoisotopic (exact) mass is 853 g/mol. The van der Waals surface area contributed by atoms with E-state index < -0.39 is 0 Å². The van der Waals surface area contributed by atoms with Crippen LogP contribution in [0.3, 0.4) is 0 Å². The van der Waals surface area contributed by atoms with Crippen molar-refractivity contribution >= 4 is 57.3 Å². The second-order valence-corrected chi connectivity index (χ2v) is 17.6. The summed E-state index contributed by atoms with van der Waals surface area (Å²) < 4.78 is 6.90. The van der Waals surface area contributed by atoms with E-state index in [2.05, 4.69) is 163 Å². The number of pyridine rings is 4. The number of anilines is 2. The molecule has 0 bridgehead atoms. The van der Waals surface area contributed by atoms with Gasteiger partial charge >= 0.3 is 0 Å². The Kier molecular flexibility index (Phi) is 13.6. The van der Waals surface area contributed by atoms with Crippen LogP contribution >= 0.6 is 23.9 Å². The van der Waals surface area contributed by atoms with Gasteiger partial charge in [-0.3, -0.25) is 19.4 Å². The summed E-state index contributed by atoms with van der Waals surface area (Å²) in [6.07, 6.45) is 8.60. The fraction of sp³-hybridized carbons (Fsp3) is 0.216. The molecular formula is C51H51N9S2. The lowest BCUT2D eigenvalue weighted by Gasteiger charge is -2.29. The van der Waals surface area contributed by atoms with Crippen molar-refractivity contribution in [3.05, 3.63) is 169 Å². The minimum absolute atomic E-state index is 0.225. The normalized spacial score (nSPS) is 15.1. The number of fused-ring (bicyclic) bond motifs is 2. The van der Waals surface area contributed by atoms with Crippen LogP contribution < -0.4 is 25.0 Å². The predicted molar refractivity (Wildman–Crippen MR) is 259 cm³/mol. The second kappa shape index (κ2) is 20.4. The van der Waals surface area contributed by atoms with Crippen molar-refractivity contribution in [1.82, 2.24) is 29.4 Å². The third-order valence-corrected chi connectivity index (χ3v) is 12.8. The zero-order valence-corrected chi connectivity index (χ0v) is 36.4. The first-order valence-corrected chi connectivity index (χ1v) is 23.1. The molecule has 1 atom stereocenters. The van der Waals surface area contributed by atoms with Gasteiger partial charge < -0.3 is 15.5 Å². The third kappa shape index (κ3) is 10.4. The van der Waals surface area contributed by atoms with Gasteiger partial charge in [-0.15, -0.1) is 0 Å². The molecule has 4 aromatic heterocycles. The fourth-order valence-corrected chi connectivity index (χ4v) is 9.51. The maximum absolute atomic E-state index is 6.14. The summed E-state index contributed by atoms with van der Waals surface area (Å²) in [6.45, 7) is 5.68. The highest BCUT2D eigenvalue weighted by atomic mass is 32.2. The molecule has 10 rings (SSSR count). The molecule has 2 aliphatic rings. The van der Waals surface area contributed by atoms with Gasteiger partial charge in [0.2, 0.25) is 0 Å². The average molecular weight is 854 g/mol. The number of aromatic nitrogens is 4. The van der Waals surface area contributed by atoms with Crippen molar-refractivity contribution in [2.24, 2.45) is 5.73 Å². The Hall–Kier alpha value is -5.82. The molecule has 0 amide bonds. The smallest absolute Gasteiger partial charge is 0.113 e. The molecule has 4 N–H and O–H groups in total. The van der Waals surface area contributed by atoms with Gasteiger partial charge in [-0.2, -0.15) is 0 Å². The molecule has 9 nitrogen and oxygen atoms in total. The summed E-state index contributed by atoms with van der Waals surface area (Å²) in [5, 5.41) is 0. The molecule has 0 aliphatic carbocycles.